The van der Waals surface area contributed by atoms with Gasteiger partial charge in [0.25, 0.3) is 5.91 Å². The van der Waals surface area contributed by atoms with Gasteiger partial charge in [-0.2, -0.15) is 0 Å². The standard InChI is InChI=1S/C19H19NO/c1-13-12-15-7-3-5-9-17(15)19(21)20-11-10-14-6-2-4-8-16(14)18(13)20/h2-9,13,18H,10-12H2,1H3. The van der Waals surface area contributed by atoms with Crippen LogP contribution in [-0.2, 0) is 12.8 Å². The van der Waals surface area contributed by atoms with Crippen LogP contribution in [0.2, 0.25) is 0 Å². The number of fused-ring (bicyclic) bond motifs is 4. The molecule has 2 atom stereocenters. The van der Waals surface area contributed by atoms with E-state index in [4.69, 9.17) is 0 Å². The zero-order chi connectivity index (χ0) is 14.4. The highest BCUT2D eigenvalue weighted by Crippen LogP contribution is 2.40. The lowest BCUT2D eigenvalue weighted by molar-refractivity contribution is 0.0612. The first-order chi connectivity index (χ1) is 10.3. The van der Waals surface area contributed by atoms with Crippen LogP contribution in [0.4, 0.5) is 0 Å². The van der Waals surface area contributed by atoms with Crippen molar-refractivity contribution >= 4 is 5.91 Å². The topological polar surface area (TPSA) is 20.3 Å². The summed E-state index contributed by atoms with van der Waals surface area (Å²) in [5, 5.41) is 0. The van der Waals surface area contributed by atoms with Gasteiger partial charge in [0.2, 0.25) is 0 Å². The van der Waals surface area contributed by atoms with Gasteiger partial charge in [0.05, 0.1) is 6.04 Å². The summed E-state index contributed by atoms with van der Waals surface area (Å²) >= 11 is 0. The summed E-state index contributed by atoms with van der Waals surface area (Å²) in [6.07, 6.45) is 1.94. The summed E-state index contributed by atoms with van der Waals surface area (Å²) in [6, 6.07) is 16.9. The second-order valence-corrected chi connectivity index (χ2v) is 6.23. The fraction of sp³-hybridized carbons (Fsp3) is 0.316. The third-order valence-corrected chi connectivity index (χ3v) is 4.92. The number of nitrogens with zero attached hydrogens (tertiary/aromatic N) is 1. The molecular formula is C19H19NO. The summed E-state index contributed by atoms with van der Waals surface area (Å²) in [5.74, 6) is 0.647. The second kappa shape index (κ2) is 4.73. The van der Waals surface area contributed by atoms with E-state index in [1.54, 1.807) is 0 Å². The van der Waals surface area contributed by atoms with Crippen molar-refractivity contribution in [3.63, 3.8) is 0 Å². The predicted molar refractivity (Wildman–Crippen MR) is 83.2 cm³/mol. The molecule has 0 fully saturated rings. The molecule has 2 nitrogen and oxygen atoms in total. The highest BCUT2D eigenvalue weighted by atomic mass is 16.2. The molecule has 0 N–H and O–H groups in total. The number of carbonyl (C=O) groups excluding carboxylic acids is 1. The molecule has 106 valence electrons. The van der Waals surface area contributed by atoms with Gasteiger partial charge in [-0.25, -0.2) is 0 Å². The Kier molecular flexibility index (Phi) is 2.85. The van der Waals surface area contributed by atoms with Crippen molar-refractivity contribution in [2.75, 3.05) is 6.54 Å². The minimum absolute atomic E-state index is 0.203. The molecule has 2 aliphatic rings. The first-order valence-electron chi connectivity index (χ1n) is 7.72. The maximum absolute atomic E-state index is 13.0. The Labute approximate surface area is 125 Å². The number of hydrogen-bond donors (Lipinski definition) is 0. The lowest BCUT2D eigenvalue weighted by Crippen LogP contribution is -2.41. The van der Waals surface area contributed by atoms with Gasteiger partial charge in [-0.1, -0.05) is 49.4 Å². The molecule has 2 aliphatic heterocycles. The number of rotatable bonds is 0. The van der Waals surface area contributed by atoms with Gasteiger partial charge in [-0.3, -0.25) is 4.79 Å². The van der Waals surface area contributed by atoms with E-state index < -0.39 is 0 Å². The van der Waals surface area contributed by atoms with Crippen molar-refractivity contribution < 1.29 is 4.79 Å². The van der Waals surface area contributed by atoms with Crippen molar-refractivity contribution in [1.82, 2.24) is 4.90 Å². The zero-order valence-electron chi connectivity index (χ0n) is 12.3. The van der Waals surface area contributed by atoms with Crippen LogP contribution in [0.25, 0.3) is 0 Å². The Morgan fingerprint density at radius 3 is 2.57 bits per heavy atom. The molecular weight excluding hydrogens is 258 g/mol. The second-order valence-electron chi connectivity index (χ2n) is 6.23. The first-order valence-corrected chi connectivity index (χ1v) is 7.72. The van der Waals surface area contributed by atoms with E-state index in [2.05, 4.69) is 42.2 Å². The van der Waals surface area contributed by atoms with Crippen LogP contribution in [-0.4, -0.2) is 17.4 Å². The van der Waals surface area contributed by atoms with Gasteiger partial charge in [-0.05, 0) is 41.5 Å². The van der Waals surface area contributed by atoms with Gasteiger partial charge >= 0.3 is 0 Å². The monoisotopic (exact) mass is 277 g/mol. The van der Waals surface area contributed by atoms with Crippen molar-refractivity contribution in [2.24, 2.45) is 5.92 Å². The number of benzene rings is 2. The Morgan fingerprint density at radius 1 is 1.00 bits per heavy atom. The molecule has 0 saturated carbocycles. The van der Waals surface area contributed by atoms with E-state index in [1.807, 2.05) is 18.2 Å². The van der Waals surface area contributed by atoms with E-state index in [-0.39, 0.29) is 11.9 Å². The third-order valence-electron chi connectivity index (χ3n) is 4.92. The van der Waals surface area contributed by atoms with Crippen LogP contribution in [0.5, 0.6) is 0 Å². The fourth-order valence-electron chi connectivity index (χ4n) is 3.96. The highest BCUT2D eigenvalue weighted by molar-refractivity contribution is 5.96. The van der Waals surface area contributed by atoms with Crippen LogP contribution >= 0.6 is 0 Å². The number of hydrogen-bond acceptors (Lipinski definition) is 1. The lowest BCUT2D eigenvalue weighted by Gasteiger charge is -2.39. The van der Waals surface area contributed by atoms with E-state index in [0.717, 1.165) is 24.9 Å². The number of amides is 1. The molecule has 2 heteroatoms. The molecule has 1 amide bonds. The Bertz CT molecular complexity index is 706. The van der Waals surface area contributed by atoms with Crippen LogP contribution in [0, 0.1) is 5.92 Å². The average molecular weight is 277 g/mol. The normalized spacial score (nSPS) is 23.9. The highest BCUT2D eigenvalue weighted by Gasteiger charge is 2.37. The van der Waals surface area contributed by atoms with Gasteiger partial charge in [0.15, 0.2) is 0 Å². The average Bonchev–Trinajstić information content (AvgIpc) is 2.63. The molecule has 0 bridgehead atoms. The minimum Gasteiger partial charge on any atom is -0.331 e. The summed E-state index contributed by atoms with van der Waals surface area (Å²) in [5.41, 5.74) is 4.84. The van der Waals surface area contributed by atoms with E-state index >= 15 is 0 Å². The van der Waals surface area contributed by atoms with Crippen molar-refractivity contribution in [1.29, 1.82) is 0 Å². The smallest absolute Gasteiger partial charge is 0.254 e. The minimum atomic E-state index is 0.203. The quantitative estimate of drug-likeness (QED) is 0.720. The fourth-order valence-corrected chi connectivity index (χ4v) is 3.96. The lowest BCUT2D eigenvalue weighted by atomic mass is 9.84. The molecule has 2 heterocycles. The maximum atomic E-state index is 13.0. The summed E-state index contributed by atoms with van der Waals surface area (Å²) < 4.78 is 0. The van der Waals surface area contributed by atoms with Crippen molar-refractivity contribution in [3.8, 4) is 0 Å². The number of carbonyl (C=O) groups is 1. The molecule has 21 heavy (non-hydrogen) atoms. The summed E-state index contributed by atoms with van der Waals surface area (Å²) in [7, 11) is 0. The first kappa shape index (κ1) is 12.6. The van der Waals surface area contributed by atoms with E-state index in [1.165, 1.54) is 16.7 Å². The van der Waals surface area contributed by atoms with E-state index in [9.17, 15) is 4.79 Å². The zero-order valence-corrected chi connectivity index (χ0v) is 12.3. The van der Waals surface area contributed by atoms with Gasteiger partial charge in [0.1, 0.15) is 0 Å². The molecule has 0 saturated heterocycles. The molecule has 4 rings (SSSR count). The van der Waals surface area contributed by atoms with Crippen molar-refractivity contribution in [2.45, 2.75) is 25.8 Å². The molecule has 0 aliphatic carbocycles. The van der Waals surface area contributed by atoms with Crippen LogP contribution in [0.1, 0.15) is 40.0 Å². The Balaban J connectivity index is 1.86. The largest absolute Gasteiger partial charge is 0.331 e. The predicted octanol–water partition coefficient (Wildman–Crippen LogP) is 3.62. The molecule has 0 spiro atoms. The van der Waals surface area contributed by atoms with Gasteiger partial charge in [0, 0.05) is 12.1 Å². The molecule has 2 aromatic rings. The van der Waals surface area contributed by atoms with Gasteiger partial charge in [-0.15, -0.1) is 0 Å². The van der Waals surface area contributed by atoms with Crippen molar-refractivity contribution in [3.05, 3.63) is 70.8 Å². The molecule has 2 aromatic carbocycles. The Hall–Kier alpha value is -2.09. The Morgan fingerprint density at radius 2 is 1.71 bits per heavy atom. The van der Waals surface area contributed by atoms with Gasteiger partial charge < -0.3 is 4.90 Å². The van der Waals surface area contributed by atoms with Crippen LogP contribution < -0.4 is 0 Å². The third kappa shape index (κ3) is 1.90. The molecule has 2 unspecified atom stereocenters. The van der Waals surface area contributed by atoms with Crippen LogP contribution in [0.15, 0.2) is 48.5 Å². The molecule has 0 radical (unpaired) electrons. The SMILES string of the molecule is CC1Cc2ccccc2C(=O)N2CCc3ccccc3C12. The summed E-state index contributed by atoms with van der Waals surface area (Å²) in [4.78, 5) is 15.0. The maximum Gasteiger partial charge on any atom is 0.254 e. The summed E-state index contributed by atoms with van der Waals surface area (Å²) in [6.45, 7) is 3.11. The van der Waals surface area contributed by atoms with E-state index in [0.29, 0.717) is 5.92 Å². The molecule has 0 aromatic heterocycles. The van der Waals surface area contributed by atoms with Crippen LogP contribution in [0.3, 0.4) is 0 Å².